The molecule has 1 atom stereocenters. The van der Waals surface area contributed by atoms with Crippen molar-refractivity contribution in [3.8, 4) is 0 Å². The Bertz CT molecular complexity index is 1000. The third-order valence-corrected chi connectivity index (χ3v) is 4.42. The van der Waals surface area contributed by atoms with Crippen molar-refractivity contribution >= 4 is 17.6 Å². The number of nitro groups is 1. The lowest BCUT2D eigenvalue weighted by molar-refractivity contribution is -0.384. The standard InChI is InChI=1S/C20H16F6N2O5/c1-33-18(30)16(8-11-2-4-15(5-3-11)28(31)32)27-17(29)9-12-6-13(19(21,22)23)10-14(7-12)20(24,25)26/h2-7,10,16H,8-9H2,1H3,(H,27,29)/t16-/m1/s1. The van der Waals surface area contributed by atoms with Gasteiger partial charge in [0.25, 0.3) is 5.69 Å². The van der Waals surface area contributed by atoms with Gasteiger partial charge in [0.2, 0.25) is 5.91 Å². The Morgan fingerprint density at radius 2 is 1.48 bits per heavy atom. The number of alkyl halides is 6. The third-order valence-electron chi connectivity index (χ3n) is 4.42. The number of benzene rings is 2. The minimum Gasteiger partial charge on any atom is -0.467 e. The predicted octanol–water partition coefficient (Wildman–Crippen LogP) is 4.08. The van der Waals surface area contributed by atoms with E-state index < -0.39 is 58.3 Å². The summed E-state index contributed by atoms with van der Waals surface area (Å²) in [7, 11) is 1.01. The fourth-order valence-corrected chi connectivity index (χ4v) is 2.88. The monoisotopic (exact) mass is 478 g/mol. The van der Waals surface area contributed by atoms with Crippen LogP contribution in [-0.2, 0) is 39.5 Å². The van der Waals surface area contributed by atoms with Crippen LogP contribution in [0.4, 0.5) is 32.0 Å². The van der Waals surface area contributed by atoms with Gasteiger partial charge in [-0.2, -0.15) is 26.3 Å². The van der Waals surface area contributed by atoms with Gasteiger partial charge in [-0.1, -0.05) is 12.1 Å². The van der Waals surface area contributed by atoms with E-state index in [0.29, 0.717) is 17.7 Å². The van der Waals surface area contributed by atoms with Crippen molar-refractivity contribution in [2.45, 2.75) is 31.2 Å². The van der Waals surface area contributed by atoms with E-state index in [-0.39, 0.29) is 18.2 Å². The Morgan fingerprint density at radius 3 is 1.91 bits per heavy atom. The number of rotatable bonds is 7. The van der Waals surface area contributed by atoms with Crippen molar-refractivity contribution in [3.63, 3.8) is 0 Å². The molecule has 178 valence electrons. The Balaban J connectivity index is 2.23. The van der Waals surface area contributed by atoms with Gasteiger partial charge < -0.3 is 10.1 Å². The molecule has 1 N–H and O–H groups in total. The number of methoxy groups -OCH3 is 1. The van der Waals surface area contributed by atoms with Crippen molar-refractivity contribution in [2.24, 2.45) is 0 Å². The molecular formula is C20H16F6N2O5. The van der Waals surface area contributed by atoms with E-state index in [9.17, 15) is 46.0 Å². The zero-order valence-electron chi connectivity index (χ0n) is 16.8. The average Bonchev–Trinajstić information content (AvgIpc) is 2.71. The maximum Gasteiger partial charge on any atom is 0.416 e. The number of nitro benzene ring substituents is 1. The highest BCUT2D eigenvalue weighted by Crippen LogP contribution is 2.36. The van der Waals surface area contributed by atoms with Crippen LogP contribution in [0.2, 0.25) is 0 Å². The molecular weight excluding hydrogens is 462 g/mol. The third kappa shape index (κ3) is 7.19. The molecule has 0 saturated carbocycles. The minimum absolute atomic E-state index is 0.0623. The summed E-state index contributed by atoms with van der Waals surface area (Å²) in [5.41, 5.74) is -3.54. The number of carbonyl (C=O) groups excluding carboxylic acids is 2. The van der Waals surface area contributed by atoms with Crippen LogP contribution in [0.1, 0.15) is 22.3 Å². The highest BCUT2D eigenvalue weighted by molar-refractivity contribution is 5.85. The lowest BCUT2D eigenvalue weighted by Crippen LogP contribution is -2.43. The van der Waals surface area contributed by atoms with Gasteiger partial charge >= 0.3 is 18.3 Å². The minimum atomic E-state index is -5.07. The van der Waals surface area contributed by atoms with Crippen LogP contribution in [0.15, 0.2) is 42.5 Å². The molecule has 1 amide bonds. The lowest BCUT2D eigenvalue weighted by Gasteiger charge is -2.18. The van der Waals surface area contributed by atoms with Gasteiger partial charge in [-0.3, -0.25) is 14.9 Å². The second-order valence-electron chi connectivity index (χ2n) is 6.86. The molecule has 0 spiro atoms. The zero-order chi connectivity index (χ0) is 25.0. The fraction of sp³-hybridized carbons (Fsp3) is 0.300. The first-order valence-electron chi connectivity index (χ1n) is 9.09. The quantitative estimate of drug-likeness (QED) is 0.280. The van der Waals surface area contributed by atoms with Crippen molar-refractivity contribution in [2.75, 3.05) is 7.11 Å². The number of ether oxygens (including phenoxy) is 1. The highest BCUT2D eigenvalue weighted by atomic mass is 19.4. The Morgan fingerprint density at radius 1 is 0.970 bits per heavy atom. The molecule has 0 bridgehead atoms. The predicted molar refractivity (Wildman–Crippen MR) is 101 cm³/mol. The highest BCUT2D eigenvalue weighted by Gasteiger charge is 2.37. The zero-order valence-corrected chi connectivity index (χ0v) is 16.8. The van der Waals surface area contributed by atoms with Gasteiger partial charge in [0.1, 0.15) is 6.04 Å². The van der Waals surface area contributed by atoms with E-state index in [2.05, 4.69) is 10.1 Å². The van der Waals surface area contributed by atoms with E-state index in [1.165, 1.54) is 12.1 Å². The number of nitrogens with zero attached hydrogens (tertiary/aromatic N) is 1. The van der Waals surface area contributed by atoms with E-state index in [1.807, 2.05) is 0 Å². The summed E-state index contributed by atoms with van der Waals surface area (Å²) in [6.45, 7) is 0. The van der Waals surface area contributed by atoms with Crippen LogP contribution in [0.3, 0.4) is 0 Å². The Labute approximate surface area is 182 Å². The van der Waals surface area contributed by atoms with E-state index in [4.69, 9.17) is 0 Å². The molecule has 0 aliphatic carbocycles. The molecule has 7 nitrogen and oxygen atoms in total. The van der Waals surface area contributed by atoms with Gasteiger partial charge in [0.05, 0.1) is 29.6 Å². The molecule has 33 heavy (non-hydrogen) atoms. The van der Waals surface area contributed by atoms with Crippen LogP contribution in [0.5, 0.6) is 0 Å². The van der Waals surface area contributed by atoms with E-state index in [0.717, 1.165) is 19.2 Å². The summed E-state index contributed by atoms with van der Waals surface area (Å²) >= 11 is 0. The number of carbonyl (C=O) groups is 2. The van der Waals surface area contributed by atoms with Crippen molar-refractivity contribution in [1.29, 1.82) is 0 Å². The second-order valence-corrected chi connectivity index (χ2v) is 6.86. The average molecular weight is 478 g/mol. The summed E-state index contributed by atoms with van der Waals surface area (Å²) in [5, 5.41) is 12.9. The molecule has 0 radical (unpaired) electrons. The normalized spacial score (nSPS) is 12.7. The molecule has 0 unspecified atom stereocenters. The Kier molecular flexibility index (Phi) is 7.67. The van der Waals surface area contributed by atoms with Crippen LogP contribution in [-0.4, -0.2) is 30.0 Å². The number of hydrogen-bond donors (Lipinski definition) is 1. The molecule has 0 aliphatic rings. The maximum atomic E-state index is 13.0. The van der Waals surface area contributed by atoms with Gasteiger partial charge in [-0.15, -0.1) is 0 Å². The fourth-order valence-electron chi connectivity index (χ4n) is 2.88. The first-order valence-corrected chi connectivity index (χ1v) is 9.09. The van der Waals surface area contributed by atoms with Crippen LogP contribution in [0.25, 0.3) is 0 Å². The first-order chi connectivity index (χ1) is 15.2. The molecule has 2 rings (SSSR count). The number of non-ortho nitro benzene ring substituents is 1. The molecule has 13 heteroatoms. The first kappa shape index (κ1) is 25.6. The number of amides is 1. The van der Waals surface area contributed by atoms with E-state index >= 15 is 0 Å². The maximum absolute atomic E-state index is 13.0. The number of hydrogen-bond acceptors (Lipinski definition) is 5. The molecule has 0 saturated heterocycles. The summed E-state index contributed by atoms with van der Waals surface area (Å²) in [5.74, 6) is -1.96. The van der Waals surface area contributed by atoms with Gasteiger partial charge in [0, 0.05) is 18.6 Å². The van der Waals surface area contributed by atoms with Gasteiger partial charge in [-0.05, 0) is 29.3 Å². The van der Waals surface area contributed by atoms with Gasteiger partial charge in [-0.25, -0.2) is 4.79 Å². The largest absolute Gasteiger partial charge is 0.467 e. The van der Waals surface area contributed by atoms with Crippen LogP contribution in [0, 0.1) is 10.1 Å². The molecule has 2 aromatic rings. The molecule has 0 fully saturated rings. The summed E-state index contributed by atoms with van der Waals surface area (Å²) in [6.07, 6.45) is -11.2. The molecule has 0 heterocycles. The second kappa shape index (κ2) is 9.88. The lowest BCUT2D eigenvalue weighted by atomic mass is 10.0. The SMILES string of the molecule is COC(=O)[C@@H](Cc1ccc([N+](=O)[O-])cc1)NC(=O)Cc1cc(C(F)(F)F)cc(C(F)(F)F)c1. The van der Waals surface area contributed by atoms with Crippen LogP contribution < -0.4 is 5.32 Å². The summed E-state index contributed by atoms with van der Waals surface area (Å²) in [4.78, 5) is 34.4. The summed E-state index contributed by atoms with van der Waals surface area (Å²) in [6, 6.07) is 4.39. The molecule has 0 aliphatic heterocycles. The van der Waals surface area contributed by atoms with Crippen molar-refractivity contribution < 1.29 is 45.6 Å². The molecule has 0 aromatic heterocycles. The van der Waals surface area contributed by atoms with E-state index in [1.54, 1.807) is 0 Å². The number of esters is 1. The number of halogens is 6. The van der Waals surface area contributed by atoms with Crippen LogP contribution >= 0.6 is 0 Å². The number of nitrogens with one attached hydrogen (secondary N) is 1. The molecule has 2 aromatic carbocycles. The smallest absolute Gasteiger partial charge is 0.416 e. The summed E-state index contributed by atoms with van der Waals surface area (Å²) < 4.78 is 82.5. The Hall–Kier alpha value is -3.64. The van der Waals surface area contributed by atoms with Crippen molar-refractivity contribution in [1.82, 2.24) is 5.32 Å². The van der Waals surface area contributed by atoms with Crippen molar-refractivity contribution in [3.05, 3.63) is 74.8 Å². The van der Waals surface area contributed by atoms with Gasteiger partial charge in [0.15, 0.2) is 0 Å². The topological polar surface area (TPSA) is 98.5 Å².